The maximum absolute atomic E-state index is 12.0. The third kappa shape index (κ3) is 7.43. The van der Waals surface area contributed by atoms with Gasteiger partial charge in [-0.3, -0.25) is 9.10 Å². The molecule has 0 aliphatic rings. The minimum Gasteiger partial charge on any atom is -0.356 e. The topological polar surface area (TPSA) is 66.5 Å². The van der Waals surface area contributed by atoms with Crippen molar-refractivity contribution in [1.29, 1.82) is 0 Å². The van der Waals surface area contributed by atoms with Crippen molar-refractivity contribution in [3.8, 4) is 0 Å². The van der Waals surface area contributed by atoms with Crippen LogP contribution in [0, 0.1) is 6.92 Å². The molecule has 6 heteroatoms. The Labute approximate surface area is 162 Å². The molecule has 2 rings (SSSR count). The quantitative estimate of drug-likeness (QED) is 0.635. The summed E-state index contributed by atoms with van der Waals surface area (Å²) < 4.78 is 25.3. The number of nitrogens with one attached hydrogen (secondary N) is 1. The van der Waals surface area contributed by atoms with Crippen LogP contribution in [0.2, 0.25) is 0 Å². The number of hydrogen-bond acceptors (Lipinski definition) is 3. The smallest absolute Gasteiger partial charge is 0.232 e. The lowest BCUT2D eigenvalue weighted by atomic mass is 10.1. The molecule has 1 amide bonds. The Bertz CT molecular complexity index is 818. The summed E-state index contributed by atoms with van der Waals surface area (Å²) in [4.78, 5) is 12.0. The van der Waals surface area contributed by atoms with Gasteiger partial charge in [-0.05, 0) is 43.9 Å². The molecule has 1 N–H and O–H groups in total. The van der Waals surface area contributed by atoms with E-state index in [4.69, 9.17) is 0 Å². The molecule has 0 aliphatic carbocycles. The van der Waals surface area contributed by atoms with E-state index in [1.807, 2.05) is 6.07 Å². The van der Waals surface area contributed by atoms with Gasteiger partial charge in [0, 0.05) is 19.5 Å². The Morgan fingerprint density at radius 1 is 1.00 bits per heavy atom. The van der Waals surface area contributed by atoms with E-state index in [2.05, 4.69) is 36.5 Å². The molecule has 0 aromatic heterocycles. The van der Waals surface area contributed by atoms with Gasteiger partial charge in [-0.15, -0.1) is 0 Å². The molecule has 0 aliphatic heterocycles. The van der Waals surface area contributed by atoms with Gasteiger partial charge < -0.3 is 5.32 Å². The molecule has 2 aromatic carbocycles. The van der Waals surface area contributed by atoms with Crippen LogP contribution in [0.4, 0.5) is 5.69 Å². The summed E-state index contributed by atoms with van der Waals surface area (Å²) in [5.74, 6) is -0.0413. The van der Waals surface area contributed by atoms with Crippen molar-refractivity contribution in [1.82, 2.24) is 5.32 Å². The second kappa shape index (κ2) is 10.1. The second-order valence-electron chi connectivity index (χ2n) is 6.71. The summed E-state index contributed by atoms with van der Waals surface area (Å²) in [7, 11) is -3.37. The number of carbonyl (C=O) groups is 1. The standard InChI is InChI=1S/C21H28N2O3S/c1-18-12-14-19(15-13-18)8-6-16-22-21(24)11-7-17-23(27(2,25)26)20-9-4-3-5-10-20/h3-5,9-10,12-15H,6-8,11,16-17H2,1-2H3,(H,22,24). The molecule has 0 spiro atoms. The van der Waals surface area contributed by atoms with Crippen molar-refractivity contribution in [2.45, 2.75) is 32.6 Å². The van der Waals surface area contributed by atoms with Crippen molar-refractivity contribution >= 4 is 21.6 Å². The third-order valence-corrected chi connectivity index (χ3v) is 5.49. The molecule has 0 saturated carbocycles. The summed E-state index contributed by atoms with van der Waals surface area (Å²) in [6, 6.07) is 17.4. The van der Waals surface area contributed by atoms with E-state index < -0.39 is 10.0 Å². The fourth-order valence-electron chi connectivity index (χ4n) is 2.83. The number of carbonyl (C=O) groups excluding carboxylic acids is 1. The van der Waals surface area contributed by atoms with E-state index in [1.165, 1.54) is 21.7 Å². The first-order valence-electron chi connectivity index (χ1n) is 9.21. The average Bonchev–Trinajstić information content (AvgIpc) is 2.63. The Hall–Kier alpha value is -2.34. The zero-order valence-electron chi connectivity index (χ0n) is 16.0. The van der Waals surface area contributed by atoms with E-state index in [1.54, 1.807) is 24.3 Å². The fraction of sp³-hybridized carbons (Fsp3) is 0.381. The Kier molecular flexibility index (Phi) is 7.85. The third-order valence-electron chi connectivity index (χ3n) is 4.29. The molecule has 0 unspecified atom stereocenters. The van der Waals surface area contributed by atoms with Crippen LogP contribution >= 0.6 is 0 Å². The van der Waals surface area contributed by atoms with E-state index in [0.29, 0.717) is 31.6 Å². The van der Waals surface area contributed by atoms with Gasteiger partial charge in [0.05, 0.1) is 11.9 Å². The molecule has 27 heavy (non-hydrogen) atoms. The van der Waals surface area contributed by atoms with E-state index in [-0.39, 0.29) is 5.91 Å². The number of benzene rings is 2. The van der Waals surface area contributed by atoms with E-state index in [0.717, 1.165) is 12.8 Å². The highest BCUT2D eigenvalue weighted by Gasteiger charge is 2.17. The van der Waals surface area contributed by atoms with Gasteiger partial charge in [0.2, 0.25) is 15.9 Å². The molecule has 0 radical (unpaired) electrons. The van der Waals surface area contributed by atoms with Gasteiger partial charge in [-0.1, -0.05) is 48.0 Å². The molecular formula is C21H28N2O3S. The molecule has 2 aromatic rings. The van der Waals surface area contributed by atoms with Gasteiger partial charge >= 0.3 is 0 Å². The predicted molar refractivity (Wildman–Crippen MR) is 110 cm³/mol. The number of amides is 1. The van der Waals surface area contributed by atoms with Crippen LogP contribution < -0.4 is 9.62 Å². The van der Waals surface area contributed by atoms with Crippen molar-refractivity contribution in [3.05, 3.63) is 65.7 Å². The average molecular weight is 389 g/mol. The van der Waals surface area contributed by atoms with Crippen LogP contribution in [0.15, 0.2) is 54.6 Å². The molecule has 0 saturated heterocycles. The van der Waals surface area contributed by atoms with Crippen LogP contribution in [0.3, 0.4) is 0 Å². The Morgan fingerprint density at radius 3 is 2.30 bits per heavy atom. The first-order chi connectivity index (χ1) is 12.9. The summed E-state index contributed by atoms with van der Waals surface area (Å²) in [5, 5.41) is 2.91. The van der Waals surface area contributed by atoms with Crippen molar-refractivity contribution < 1.29 is 13.2 Å². The zero-order valence-corrected chi connectivity index (χ0v) is 16.8. The summed E-state index contributed by atoms with van der Waals surface area (Å²) in [5.41, 5.74) is 3.13. The minimum absolute atomic E-state index is 0.0413. The summed E-state index contributed by atoms with van der Waals surface area (Å²) in [6.45, 7) is 2.98. The largest absolute Gasteiger partial charge is 0.356 e. The maximum atomic E-state index is 12.0. The normalized spacial score (nSPS) is 11.2. The lowest BCUT2D eigenvalue weighted by Crippen LogP contribution is -2.32. The number of anilines is 1. The minimum atomic E-state index is -3.37. The number of sulfonamides is 1. The first-order valence-corrected chi connectivity index (χ1v) is 11.1. The number of nitrogens with zero attached hydrogens (tertiary/aromatic N) is 1. The highest BCUT2D eigenvalue weighted by Crippen LogP contribution is 2.17. The predicted octanol–water partition coefficient (Wildman–Crippen LogP) is 3.29. The van der Waals surface area contributed by atoms with Gasteiger partial charge in [0.25, 0.3) is 0 Å². The molecule has 0 atom stereocenters. The van der Waals surface area contributed by atoms with E-state index in [9.17, 15) is 13.2 Å². The summed E-state index contributed by atoms with van der Waals surface area (Å²) in [6.07, 6.45) is 3.78. The number of aryl methyl sites for hydroxylation is 2. The Morgan fingerprint density at radius 2 is 1.67 bits per heavy atom. The highest BCUT2D eigenvalue weighted by atomic mass is 32.2. The van der Waals surface area contributed by atoms with Crippen LogP contribution in [0.25, 0.3) is 0 Å². The monoisotopic (exact) mass is 388 g/mol. The van der Waals surface area contributed by atoms with Crippen molar-refractivity contribution in [3.63, 3.8) is 0 Å². The Balaban J connectivity index is 1.70. The summed E-state index contributed by atoms with van der Waals surface area (Å²) >= 11 is 0. The van der Waals surface area contributed by atoms with Gasteiger partial charge in [0.15, 0.2) is 0 Å². The highest BCUT2D eigenvalue weighted by molar-refractivity contribution is 7.92. The molecule has 5 nitrogen and oxygen atoms in total. The lowest BCUT2D eigenvalue weighted by molar-refractivity contribution is -0.121. The van der Waals surface area contributed by atoms with Crippen LogP contribution in [-0.2, 0) is 21.2 Å². The van der Waals surface area contributed by atoms with Crippen LogP contribution in [0.1, 0.15) is 30.4 Å². The van der Waals surface area contributed by atoms with Crippen LogP contribution in [-0.4, -0.2) is 33.7 Å². The number of para-hydroxylation sites is 1. The maximum Gasteiger partial charge on any atom is 0.232 e. The van der Waals surface area contributed by atoms with Crippen molar-refractivity contribution in [2.24, 2.45) is 0 Å². The number of hydrogen-bond donors (Lipinski definition) is 1. The zero-order chi connectivity index (χ0) is 19.7. The SMILES string of the molecule is Cc1ccc(CCCNC(=O)CCCN(c2ccccc2)S(C)(=O)=O)cc1. The van der Waals surface area contributed by atoms with Gasteiger partial charge in [-0.2, -0.15) is 0 Å². The number of rotatable bonds is 10. The van der Waals surface area contributed by atoms with Gasteiger partial charge in [0.1, 0.15) is 0 Å². The van der Waals surface area contributed by atoms with Crippen LogP contribution in [0.5, 0.6) is 0 Å². The lowest BCUT2D eigenvalue weighted by Gasteiger charge is -2.22. The second-order valence-corrected chi connectivity index (χ2v) is 8.62. The first kappa shape index (κ1) is 21.0. The molecule has 146 valence electrons. The molecule has 0 heterocycles. The molecule has 0 fully saturated rings. The van der Waals surface area contributed by atoms with Crippen molar-refractivity contribution in [2.75, 3.05) is 23.7 Å². The van der Waals surface area contributed by atoms with E-state index >= 15 is 0 Å². The molecule has 0 bridgehead atoms. The molecular weight excluding hydrogens is 360 g/mol. The van der Waals surface area contributed by atoms with Gasteiger partial charge in [-0.25, -0.2) is 8.42 Å². The fourth-order valence-corrected chi connectivity index (χ4v) is 3.79.